The molecule has 5 heteroatoms. The van der Waals surface area contributed by atoms with Crippen molar-refractivity contribution < 1.29 is 19.4 Å². The largest absolute Gasteiger partial charge is 0.508 e. The number of carbonyl (C=O) groups is 2. The lowest BCUT2D eigenvalue weighted by atomic mass is 10.0. The molecule has 24 heavy (non-hydrogen) atoms. The molecule has 2 aromatic carbocycles. The van der Waals surface area contributed by atoms with Crippen molar-refractivity contribution in [1.29, 1.82) is 0 Å². The van der Waals surface area contributed by atoms with E-state index in [0.717, 1.165) is 12.0 Å². The molecule has 1 fully saturated rings. The third kappa shape index (κ3) is 3.56. The number of ketones is 1. The second-order valence-corrected chi connectivity index (χ2v) is 5.80. The second-order valence-electron chi connectivity index (χ2n) is 5.80. The van der Waals surface area contributed by atoms with E-state index in [4.69, 9.17) is 4.74 Å². The molecule has 1 unspecified atom stereocenters. The molecule has 1 N–H and O–H groups in total. The number of amides is 1. The Morgan fingerprint density at radius 2 is 1.79 bits per heavy atom. The van der Waals surface area contributed by atoms with Crippen molar-refractivity contribution >= 4 is 11.9 Å². The molecule has 3 rings (SSSR count). The lowest BCUT2D eigenvalue weighted by molar-refractivity contribution is 0.0738. The van der Waals surface area contributed by atoms with Crippen molar-refractivity contribution in [2.45, 2.75) is 25.5 Å². The van der Waals surface area contributed by atoms with Crippen molar-refractivity contribution in [3.63, 3.8) is 0 Å². The average Bonchev–Trinajstić information content (AvgIpc) is 3.10. The first-order chi connectivity index (χ1) is 11.6. The third-order valence-electron chi connectivity index (χ3n) is 4.15. The molecule has 1 amide bonds. The first-order valence-electron chi connectivity index (χ1n) is 7.96. The molecular weight excluding hydrogens is 306 g/mol. The Kier molecular flexibility index (Phi) is 4.79. The van der Waals surface area contributed by atoms with E-state index in [2.05, 4.69) is 0 Å². The number of carbonyl (C=O) groups excluding carboxylic acids is 2. The summed E-state index contributed by atoms with van der Waals surface area (Å²) in [5, 5.41) is 9.33. The van der Waals surface area contributed by atoms with Gasteiger partial charge in [-0.25, -0.2) is 4.79 Å². The zero-order chi connectivity index (χ0) is 16.9. The van der Waals surface area contributed by atoms with Crippen LogP contribution in [0.3, 0.4) is 0 Å². The van der Waals surface area contributed by atoms with Gasteiger partial charge in [0.05, 0.1) is 6.04 Å². The van der Waals surface area contributed by atoms with Crippen LogP contribution < -0.4 is 0 Å². The number of hydrogen-bond acceptors (Lipinski definition) is 4. The van der Waals surface area contributed by atoms with Crippen molar-refractivity contribution in [3.8, 4) is 5.75 Å². The van der Waals surface area contributed by atoms with Gasteiger partial charge in [-0.05, 0) is 42.7 Å². The Hall–Kier alpha value is -2.82. The van der Waals surface area contributed by atoms with Gasteiger partial charge in [0.25, 0.3) is 0 Å². The summed E-state index contributed by atoms with van der Waals surface area (Å²) < 4.78 is 5.34. The highest BCUT2D eigenvalue weighted by Gasteiger charge is 2.35. The lowest BCUT2D eigenvalue weighted by Crippen LogP contribution is -2.40. The minimum atomic E-state index is -0.502. The van der Waals surface area contributed by atoms with Crippen LogP contribution in [0.1, 0.15) is 28.8 Å². The lowest BCUT2D eigenvalue weighted by Gasteiger charge is -2.23. The number of phenols is 1. The fourth-order valence-corrected chi connectivity index (χ4v) is 2.88. The summed E-state index contributed by atoms with van der Waals surface area (Å²) in [4.78, 5) is 26.4. The van der Waals surface area contributed by atoms with E-state index in [1.165, 1.54) is 17.0 Å². The molecule has 0 saturated carbocycles. The predicted octanol–water partition coefficient (Wildman–Crippen LogP) is 3.38. The van der Waals surface area contributed by atoms with E-state index in [1.807, 2.05) is 30.3 Å². The molecule has 5 nitrogen and oxygen atoms in total. The van der Waals surface area contributed by atoms with Gasteiger partial charge in [0.2, 0.25) is 0 Å². The Morgan fingerprint density at radius 1 is 1.08 bits per heavy atom. The third-order valence-corrected chi connectivity index (χ3v) is 4.15. The van der Waals surface area contributed by atoms with Gasteiger partial charge < -0.3 is 9.84 Å². The SMILES string of the molecule is O=C(c1ccc(O)cc1)C1CCCN1C(=O)OCc1ccccc1. The van der Waals surface area contributed by atoms with E-state index < -0.39 is 12.1 Å². The van der Waals surface area contributed by atoms with Gasteiger partial charge in [0, 0.05) is 12.1 Å². The number of likely N-dealkylation sites (tertiary alicyclic amines) is 1. The summed E-state index contributed by atoms with van der Waals surface area (Å²) >= 11 is 0. The minimum Gasteiger partial charge on any atom is -0.508 e. The van der Waals surface area contributed by atoms with E-state index in [9.17, 15) is 14.7 Å². The van der Waals surface area contributed by atoms with Crippen LogP contribution in [0.15, 0.2) is 54.6 Å². The normalized spacial score (nSPS) is 16.8. The summed E-state index contributed by atoms with van der Waals surface area (Å²) in [5.41, 5.74) is 1.40. The van der Waals surface area contributed by atoms with E-state index in [1.54, 1.807) is 12.1 Å². The van der Waals surface area contributed by atoms with Gasteiger partial charge >= 0.3 is 6.09 Å². The molecule has 0 spiro atoms. The van der Waals surface area contributed by atoms with Crippen LogP contribution in [0.25, 0.3) is 0 Å². The quantitative estimate of drug-likeness (QED) is 0.875. The fraction of sp³-hybridized carbons (Fsp3) is 0.263. The molecule has 124 valence electrons. The summed E-state index contributed by atoms with van der Waals surface area (Å²) in [6.45, 7) is 0.707. The molecular formula is C19H19NO4. The number of nitrogens with zero attached hydrogens (tertiary/aromatic N) is 1. The molecule has 1 heterocycles. The number of ether oxygens (including phenoxy) is 1. The smallest absolute Gasteiger partial charge is 0.410 e. The first kappa shape index (κ1) is 16.1. The Morgan fingerprint density at radius 3 is 2.50 bits per heavy atom. The highest BCUT2D eigenvalue weighted by atomic mass is 16.6. The molecule has 2 aromatic rings. The van der Waals surface area contributed by atoms with Crippen LogP contribution >= 0.6 is 0 Å². The van der Waals surface area contributed by atoms with Crippen LogP contribution in [0.4, 0.5) is 4.79 Å². The highest BCUT2D eigenvalue weighted by Crippen LogP contribution is 2.23. The monoisotopic (exact) mass is 325 g/mol. The standard InChI is InChI=1S/C19H19NO4/c21-16-10-8-15(9-11-16)18(22)17-7-4-12-20(17)19(23)24-13-14-5-2-1-3-6-14/h1-3,5-6,8-11,17,21H,4,7,12-13H2. The Labute approximate surface area is 140 Å². The summed E-state index contributed by atoms with van der Waals surface area (Å²) in [6.07, 6.45) is 0.934. The van der Waals surface area contributed by atoms with Crippen molar-refractivity contribution in [2.75, 3.05) is 6.54 Å². The van der Waals surface area contributed by atoms with Gasteiger partial charge in [0.15, 0.2) is 5.78 Å². The number of benzene rings is 2. The van der Waals surface area contributed by atoms with Crippen LogP contribution in [-0.2, 0) is 11.3 Å². The maximum Gasteiger partial charge on any atom is 0.410 e. The topological polar surface area (TPSA) is 66.8 Å². The van der Waals surface area contributed by atoms with Gasteiger partial charge in [0.1, 0.15) is 12.4 Å². The molecule has 0 radical (unpaired) electrons. The number of phenolic OH excluding ortho intramolecular Hbond substituents is 1. The maximum absolute atomic E-state index is 12.6. The zero-order valence-electron chi connectivity index (χ0n) is 13.2. The maximum atomic E-state index is 12.6. The fourth-order valence-electron chi connectivity index (χ4n) is 2.88. The number of Topliss-reactive ketones (excluding diaryl/α,β-unsaturated/α-hetero) is 1. The molecule has 1 atom stereocenters. The first-order valence-corrected chi connectivity index (χ1v) is 7.96. The van der Waals surface area contributed by atoms with E-state index in [-0.39, 0.29) is 18.1 Å². The molecule has 1 aliphatic heterocycles. The molecule has 0 aromatic heterocycles. The van der Waals surface area contributed by atoms with Gasteiger partial charge in [-0.1, -0.05) is 30.3 Å². The zero-order valence-corrected chi connectivity index (χ0v) is 13.2. The van der Waals surface area contributed by atoms with E-state index in [0.29, 0.717) is 18.5 Å². The molecule has 0 bridgehead atoms. The molecule has 0 aliphatic carbocycles. The highest BCUT2D eigenvalue weighted by molar-refractivity contribution is 6.01. The Bertz CT molecular complexity index is 712. The number of rotatable bonds is 4. The number of aromatic hydroxyl groups is 1. The van der Waals surface area contributed by atoms with Crippen molar-refractivity contribution in [2.24, 2.45) is 0 Å². The van der Waals surface area contributed by atoms with Gasteiger partial charge in [-0.15, -0.1) is 0 Å². The van der Waals surface area contributed by atoms with Crippen molar-refractivity contribution in [3.05, 3.63) is 65.7 Å². The second kappa shape index (κ2) is 7.17. The minimum absolute atomic E-state index is 0.108. The van der Waals surface area contributed by atoms with Gasteiger partial charge in [-0.3, -0.25) is 9.69 Å². The average molecular weight is 325 g/mol. The van der Waals surface area contributed by atoms with Gasteiger partial charge in [-0.2, -0.15) is 0 Å². The summed E-state index contributed by atoms with van der Waals surface area (Å²) in [5.74, 6) is -0.0127. The summed E-state index contributed by atoms with van der Waals surface area (Å²) in [7, 11) is 0. The number of hydrogen-bond donors (Lipinski definition) is 1. The van der Waals surface area contributed by atoms with Crippen LogP contribution in [-0.4, -0.2) is 34.5 Å². The van der Waals surface area contributed by atoms with Crippen LogP contribution in [0.2, 0.25) is 0 Å². The predicted molar refractivity (Wildman–Crippen MR) is 88.8 cm³/mol. The molecule has 1 saturated heterocycles. The molecule has 1 aliphatic rings. The van der Waals surface area contributed by atoms with Crippen molar-refractivity contribution in [1.82, 2.24) is 4.90 Å². The van der Waals surface area contributed by atoms with E-state index >= 15 is 0 Å². The summed E-state index contributed by atoms with van der Waals surface area (Å²) in [6, 6.07) is 15.0. The van der Waals surface area contributed by atoms with Crippen LogP contribution in [0.5, 0.6) is 5.75 Å². The van der Waals surface area contributed by atoms with Crippen LogP contribution in [0, 0.1) is 0 Å². The Balaban J connectivity index is 1.65.